The van der Waals surface area contributed by atoms with Crippen molar-refractivity contribution in [3.8, 4) is 5.75 Å². The van der Waals surface area contributed by atoms with Crippen LogP contribution in [0.1, 0.15) is 19.8 Å². The van der Waals surface area contributed by atoms with Gasteiger partial charge in [0, 0.05) is 52.1 Å². The molecule has 1 N–H and O–H groups in total. The molecule has 0 bridgehead atoms. The zero-order valence-electron chi connectivity index (χ0n) is 16.3. The van der Waals surface area contributed by atoms with E-state index in [1.54, 1.807) is 0 Å². The second-order valence-corrected chi connectivity index (χ2v) is 6.81. The Morgan fingerprint density at radius 1 is 1.15 bits per heavy atom. The quantitative estimate of drug-likeness (QED) is 0.379. The lowest BCUT2D eigenvalue weighted by atomic mass is 10.1. The number of halogens is 1. The third kappa shape index (κ3) is 7.46. The van der Waals surface area contributed by atoms with Gasteiger partial charge in [-0.15, -0.1) is 24.0 Å². The third-order valence-corrected chi connectivity index (χ3v) is 4.90. The van der Waals surface area contributed by atoms with Crippen LogP contribution in [-0.2, 0) is 4.74 Å². The van der Waals surface area contributed by atoms with Crippen molar-refractivity contribution in [1.82, 2.24) is 15.1 Å². The van der Waals surface area contributed by atoms with Crippen LogP contribution in [0.25, 0.3) is 0 Å². The fourth-order valence-electron chi connectivity index (χ4n) is 3.42. The van der Waals surface area contributed by atoms with Crippen molar-refractivity contribution in [2.45, 2.75) is 25.9 Å². The first-order valence-corrected chi connectivity index (χ1v) is 9.90. The zero-order valence-corrected chi connectivity index (χ0v) is 18.6. The highest BCUT2D eigenvalue weighted by atomic mass is 127. The Labute approximate surface area is 180 Å². The standard InChI is InChI=1S/C20H32N4O2.HI/c1-2-21-20(22-10-13-23-14-16-25-17-15-23)24-11-8-19(9-12-24)26-18-6-4-3-5-7-18;/h3-7,19H,2,8-17H2,1H3,(H,21,22);1H. The van der Waals surface area contributed by atoms with Crippen LogP contribution in [0.5, 0.6) is 5.75 Å². The van der Waals surface area contributed by atoms with Crippen LogP contribution in [0.15, 0.2) is 35.3 Å². The maximum Gasteiger partial charge on any atom is 0.193 e. The number of rotatable bonds is 6. The number of nitrogens with one attached hydrogen (secondary N) is 1. The largest absolute Gasteiger partial charge is 0.490 e. The van der Waals surface area contributed by atoms with E-state index in [9.17, 15) is 0 Å². The second-order valence-electron chi connectivity index (χ2n) is 6.81. The number of hydrogen-bond donors (Lipinski definition) is 1. The average molecular weight is 488 g/mol. The fraction of sp³-hybridized carbons (Fsp3) is 0.650. The van der Waals surface area contributed by atoms with E-state index in [4.69, 9.17) is 14.5 Å². The van der Waals surface area contributed by atoms with Crippen molar-refractivity contribution < 1.29 is 9.47 Å². The van der Waals surface area contributed by atoms with Crippen LogP contribution in [-0.4, -0.2) is 80.9 Å². The maximum absolute atomic E-state index is 6.10. The van der Waals surface area contributed by atoms with Crippen molar-refractivity contribution in [3.63, 3.8) is 0 Å². The van der Waals surface area contributed by atoms with Gasteiger partial charge in [-0.1, -0.05) is 18.2 Å². The summed E-state index contributed by atoms with van der Waals surface area (Å²) < 4.78 is 11.5. The minimum Gasteiger partial charge on any atom is -0.490 e. The molecule has 3 rings (SSSR count). The first-order chi connectivity index (χ1) is 12.8. The SMILES string of the molecule is CCNC(=NCCN1CCOCC1)N1CCC(Oc2ccccc2)CC1.I. The molecule has 7 heteroatoms. The number of aliphatic imine (C=N–C) groups is 1. The molecular formula is C20H33IN4O2. The van der Waals surface area contributed by atoms with E-state index in [1.807, 2.05) is 30.3 Å². The van der Waals surface area contributed by atoms with Crippen molar-refractivity contribution >= 4 is 29.9 Å². The number of nitrogens with zero attached hydrogens (tertiary/aromatic N) is 3. The predicted molar refractivity (Wildman–Crippen MR) is 120 cm³/mol. The van der Waals surface area contributed by atoms with E-state index in [2.05, 4.69) is 22.0 Å². The molecule has 0 unspecified atom stereocenters. The smallest absolute Gasteiger partial charge is 0.193 e. The van der Waals surface area contributed by atoms with Crippen LogP contribution in [0, 0.1) is 0 Å². The Balaban J connectivity index is 0.00000261. The minimum atomic E-state index is 0. The molecular weight excluding hydrogens is 455 g/mol. The zero-order chi connectivity index (χ0) is 18.0. The van der Waals surface area contributed by atoms with Crippen molar-refractivity contribution in [3.05, 3.63) is 30.3 Å². The summed E-state index contributed by atoms with van der Waals surface area (Å²) in [6, 6.07) is 10.1. The Bertz CT molecular complexity index is 544. The number of hydrogen-bond acceptors (Lipinski definition) is 4. The molecule has 2 fully saturated rings. The van der Waals surface area contributed by atoms with E-state index in [-0.39, 0.29) is 24.0 Å². The minimum absolute atomic E-state index is 0. The molecule has 2 saturated heterocycles. The first kappa shape index (κ1) is 22.2. The highest BCUT2D eigenvalue weighted by Crippen LogP contribution is 2.18. The number of piperidine rings is 1. The molecule has 6 nitrogen and oxygen atoms in total. The summed E-state index contributed by atoms with van der Waals surface area (Å²) in [6.07, 6.45) is 2.36. The van der Waals surface area contributed by atoms with E-state index in [0.29, 0.717) is 6.10 Å². The summed E-state index contributed by atoms with van der Waals surface area (Å²) in [4.78, 5) is 9.64. The van der Waals surface area contributed by atoms with E-state index in [1.165, 1.54) is 0 Å². The summed E-state index contributed by atoms with van der Waals surface area (Å²) in [5.41, 5.74) is 0. The second kappa shape index (κ2) is 12.4. The summed E-state index contributed by atoms with van der Waals surface area (Å²) in [5, 5.41) is 3.45. The molecule has 1 aromatic carbocycles. The molecule has 2 aliphatic rings. The third-order valence-electron chi connectivity index (χ3n) is 4.90. The lowest BCUT2D eigenvalue weighted by Crippen LogP contribution is -2.48. The van der Waals surface area contributed by atoms with Gasteiger partial charge < -0.3 is 19.7 Å². The van der Waals surface area contributed by atoms with Gasteiger partial charge in [0.25, 0.3) is 0 Å². The number of para-hydroxylation sites is 1. The van der Waals surface area contributed by atoms with Crippen molar-refractivity contribution in [2.24, 2.45) is 4.99 Å². The Morgan fingerprint density at radius 2 is 1.85 bits per heavy atom. The fourth-order valence-corrected chi connectivity index (χ4v) is 3.42. The van der Waals surface area contributed by atoms with Crippen molar-refractivity contribution in [1.29, 1.82) is 0 Å². The van der Waals surface area contributed by atoms with Gasteiger partial charge in [0.2, 0.25) is 0 Å². The summed E-state index contributed by atoms with van der Waals surface area (Å²) in [7, 11) is 0. The van der Waals surface area contributed by atoms with Gasteiger partial charge >= 0.3 is 0 Å². The number of likely N-dealkylation sites (tertiary alicyclic amines) is 1. The summed E-state index contributed by atoms with van der Waals surface area (Å²) in [5.74, 6) is 2.01. The Kier molecular flexibility index (Phi) is 10.2. The van der Waals surface area contributed by atoms with Gasteiger partial charge in [0.15, 0.2) is 5.96 Å². The molecule has 0 amide bonds. The maximum atomic E-state index is 6.10. The van der Waals surface area contributed by atoms with Crippen LogP contribution >= 0.6 is 24.0 Å². The molecule has 152 valence electrons. The average Bonchev–Trinajstić information content (AvgIpc) is 2.70. The number of benzene rings is 1. The number of morpholine rings is 1. The molecule has 27 heavy (non-hydrogen) atoms. The van der Waals surface area contributed by atoms with Crippen LogP contribution in [0.2, 0.25) is 0 Å². The lowest BCUT2D eigenvalue weighted by Gasteiger charge is -2.34. The Hall–Kier alpha value is -1.06. The van der Waals surface area contributed by atoms with Crippen LogP contribution in [0.4, 0.5) is 0 Å². The van der Waals surface area contributed by atoms with Crippen LogP contribution in [0.3, 0.4) is 0 Å². The van der Waals surface area contributed by atoms with E-state index < -0.39 is 0 Å². The van der Waals surface area contributed by atoms with Gasteiger partial charge in [-0.05, 0) is 19.1 Å². The van der Waals surface area contributed by atoms with Gasteiger partial charge in [-0.3, -0.25) is 9.89 Å². The molecule has 0 aliphatic carbocycles. The van der Waals surface area contributed by atoms with Crippen LogP contribution < -0.4 is 10.1 Å². The monoisotopic (exact) mass is 488 g/mol. The molecule has 0 saturated carbocycles. The molecule has 0 atom stereocenters. The molecule has 0 aromatic heterocycles. The highest BCUT2D eigenvalue weighted by molar-refractivity contribution is 14.0. The topological polar surface area (TPSA) is 49.3 Å². The van der Waals surface area contributed by atoms with Gasteiger partial charge in [0.1, 0.15) is 11.9 Å². The highest BCUT2D eigenvalue weighted by Gasteiger charge is 2.22. The van der Waals surface area contributed by atoms with Gasteiger partial charge in [-0.25, -0.2) is 0 Å². The molecule has 1 aromatic rings. The van der Waals surface area contributed by atoms with E-state index in [0.717, 1.165) is 83.6 Å². The number of guanidine groups is 1. The van der Waals surface area contributed by atoms with E-state index >= 15 is 0 Å². The summed E-state index contributed by atoms with van der Waals surface area (Å²) in [6.45, 7) is 10.6. The molecule has 2 heterocycles. The molecule has 0 radical (unpaired) electrons. The predicted octanol–water partition coefficient (Wildman–Crippen LogP) is 2.45. The van der Waals surface area contributed by atoms with Gasteiger partial charge in [-0.2, -0.15) is 0 Å². The Morgan fingerprint density at radius 3 is 2.52 bits per heavy atom. The lowest BCUT2D eigenvalue weighted by molar-refractivity contribution is 0.0394. The molecule has 0 spiro atoms. The number of ether oxygens (including phenoxy) is 2. The molecule has 2 aliphatic heterocycles. The normalized spacial score (nSPS) is 19.4. The summed E-state index contributed by atoms with van der Waals surface area (Å²) >= 11 is 0. The van der Waals surface area contributed by atoms with Gasteiger partial charge in [0.05, 0.1) is 19.8 Å². The van der Waals surface area contributed by atoms with Crippen molar-refractivity contribution in [2.75, 3.05) is 59.0 Å². The first-order valence-electron chi connectivity index (χ1n) is 9.90.